The fraction of sp³-hybridized carbons (Fsp3) is 0.350. The van der Waals surface area contributed by atoms with E-state index < -0.39 is 0 Å². The molecule has 3 N–H and O–H groups in total. The summed E-state index contributed by atoms with van der Waals surface area (Å²) in [6, 6.07) is 13.7. The van der Waals surface area contributed by atoms with Crippen LogP contribution >= 0.6 is 0 Å². The first-order chi connectivity index (χ1) is 12.6. The first-order valence-corrected chi connectivity index (χ1v) is 8.66. The summed E-state index contributed by atoms with van der Waals surface area (Å²) in [5.41, 5.74) is 9.55. The molecule has 0 spiro atoms. The van der Waals surface area contributed by atoms with Gasteiger partial charge in [0.25, 0.3) is 0 Å². The molecule has 1 fully saturated rings. The standard InChI is InChI=1S/C20H25N3O3/c1-13-4-6-14(7-5-13)11-21-20(24)16-12-22-23-19(16)15-8-9-17(25-2)18(10-15)26-3/h4-10,16,19,22-23H,11-12H2,1-3H3,(H,21,24). The van der Waals surface area contributed by atoms with Gasteiger partial charge in [-0.3, -0.25) is 10.2 Å². The minimum Gasteiger partial charge on any atom is -0.493 e. The van der Waals surface area contributed by atoms with Gasteiger partial charge in [0.05, 0.1) is 26.2 Å². The van der Waals surface area contributed by atoms with Gasteiger partial charge in [0.1, 0.15) is 0 Å². The number of aryl methyl sites for hydroxylation is 1. The second-order valence-corrected chi connectivity index (χ2v) is 6.43. The van der Waals surface area contributed by atoms with Gasteiger partial charge in [-0.15, -0.1) is 0 Å². The Labute approximate surface area is 153 Å². The lowest BCUT2D eigenvalue weighted by atomic mass is 9.93. The summed E-state index contributed by atoms with van der Waals surface area (Å²) in [7, 11) is 3.21. The molecule has 1 aliphatic heterocycles. The van der Waals surface area contributed by atoms with E-state index >= 15 is 0 Å². The Kier molecular flexibility index (Phi) is 5.75. The molecular weight excluding hydrogens is 330 g/mol. The maximum Gasteiger partial charge on any atom is 0.226 e. The van der Waals surface area contributed by atoms with E-state index in [0.717, 1.165) is 11.1 Å². The number of carbonyl (C=O) groups excluding carboxylic acids is 1. The van der Waals surface area contributed by atoms with Crippen molar-refractivity contribution in [1.82, 2.24) is 16.2 Å². The summed E-state index contributed by atoms with van der Waals surface area (Å²) in [6.07, 6.45) is 0. The Hall–Kier alpha value is -2.57. The number of methoxy groups -OCH3 is 2. The van der Waals surface area contributed by atoms with E-state index in [9.17, 15) is 4.79 Å². The minimum atomic E-state index is -0.210. The van der Waals surface area contributed by atoms with Crippen molar-refractivity contribution >= 4 is 5.91 Å². The zero-order chi connectivity index (χ0) is 18.5. The van der Waals surface area contributed by atoms with Crippen LogP contribution in [0.15, 0.2) is 42.5 Å². The zero-order valence-electron chi connectivity index (χ0n) is 15.3. The van der Waals surface area contributed by atoms with E-state index in [1.165, 1.54) is 5.56 Å². The highest BCUT2D eigenvalue weighted by molar-refractivity contribution is 5.80. The summed E-state index contributed by atoms with van der Waals surface area (Å²) in [5.74, 6) is 1.13. The molecule has 3 rings (SSSR count). The van der Waals surface area contributed by atoms with Crippen molar-refractivity contribution in [2.45, 2.75) is 19.5 Å². The van der Waals surface area contributed by atoms with Crippen molar-refractivity contribution in [3.63, 3.8) is 0 Å². The third kappa shape index (κ3) is 3.98. The van der Waals surface area contributed by atoms with Gasteiger partial charge in [-0.1, -0.05) is 35.9 Å². The number of hydrazine groups is 1. The molecule has 2 aromatic rings. The second-order valence-electron chi connectivity index (χ2n) is 6.43. The SMILES string of the molecule is COc1ccc(C2NNCC2C(=O)NCc2ccc(C)cc2)cc1OC. The van der Waals surface area contributed by atoms with Crippen molar-refractivity contribution in [1.29, 1.82) is 0 Å². The first-order valence-electron chi connectivity index (χ1n) is 8.66. The van der Waals surface area contributed by atoms with Gasteiger partial charge in [-0.2, -0.15) is 0 Å². The van der Waals surface area contributed by atoms with Crippen LogP contribution in [-0.4, -0.2) is 26.7 Å². The molecular formula is C20H25N3O3. The topological polar surface area (TPSA) is 71.6 Å². The van der Waals surface area contributed by atoms with E-state index in [2.05, 4.69) is 16.2 Å². The van der Waals surface area contributed by atoms with Gasteiger partial charge in [0.15, 0.2) is 11.5 Å². The molecule has 1 saturated heterocycles. The molecule has 26 heavy (non-hydrogen) atoms. The highest BCUT2D eigenvalue weighted by Gasteiger charge is 2.34. The maximum atomic E-state index is 12.7. The molecule has 6 heteroatoms. The van der Waals surface area contributed by atoms with Gasteiger partial charge in [0.2, 0.25) is 5.91 Å². The van der Waals surface area contributed by atoms with Crippen LogP contribution in [-0.2, 0) is 11.3 Å². The minimum absolute atomic E-state index is 0.0165. The predicted octanol–water partition coefficient (Wildman–Crippen LogP) is 2.09. The van der Waals surface area contributed by atoms with Crippen molar-refractivity contribution in [3.8, 4) is 11.5 Å². The van der Waals surface area contributed by atoms with Crippen LogP contribution in [0.25, 0.3) is 0 Å². The normalized spacial score (nSPS) is 19.2. The number of benzene rings is 2. The van der Waals surface area contributed by atoms with Crippen molar-refractivity contribution < 1.29 is 14.3 Å². The molecule has 1 aliphatic rings. The highest BCUT2D eigenvalue weighted by atomic mass is 16.5. The van der Waals surface area contributed by atoms with E-state index in [-0.39, 0.29) is 17.9 Å². The van der Waals surface area contributed by atoms with E-state index in [1.54, 1.807) is 14.2 Å². The van der Waals surface area contributed by atoms with Crippen LogP contribution in [0.5, 0.6) is 11.5 Å². The molecule has 2 aromatic carbocycles. The summed E-state index contributed by atoms with van der Waals surface area (Å²) in [4.78, 5) is 12.7. The monoisotopic (exact) mass is 355 g/mol. The Morgan fingerprint density at radius 3 is 2.54 bits per heavy atom. The zero-order valence-corrected chi connectivity index (χ0v) is 15.3. The number of hydrogen-bond acceptors (Lipinski definition) is 5. The van der Waals surface area contributed by atoms with Crippen LogP contribution < -0.4 is 25.6 Å². The highest BCUT2D eigenvalue weighted by Crippen LogP contribution is 2.33. The van der Waals surface area contributed by atoms with Gasteiger partial charge < -0.3 is 14.8 Å². The molecule has 0 saturated carbocycles. The fourth-order valence-corrected chi connectivity index (χ4v) is 3.13. The molecule has 138 valence electrons. The Morgan fingerprint density at radius 2 is 1.85 bits per heavy atom. The first kappa shape index (κ1) is 18.2. The number of amides is 1. The smallest absolute Gasteiger partial charge is 0.226 e. The van der Waals surface area contributed by atoms with Gasteiger partial charge in [-0.05, 0) is 30.2 Å². The summed E-state index contributed by atoms with van der Waals surface area (Å²) in [5, 5.41) is 3.04. The van der Waals surface area contributed by atoms with E-state index in [0.29, 0.717) is 24.6 Å². The van der Waals surface area contributed by atoms with Crippen LogP contribution in [0.4, 0.5) is 0 Å². The molecule has 1 amide bonds. The number of carbonyl (C=O) groups is 1. The summed E-state index contributed by atoms with van der Waals surface area (Å²) in [6.45, 7) is 3.14. The Bertz CT molecular complexity index is 761. The molecule has 6 nitrogen and oxygen atoms in total. The number of nitrogens with one attached hydrogen (secondary N) is 3. The predicted molar refractivity (Wildman–Crippen MR) is 99.9 cm³/mol. The van der Waals surface area contributed by atoms with Gasteiger partial charge in [0, 0.05) is 13.1 Å². The Morgan fingerprint density at radius 1 is 1.12 bits per heavy atom. The van der Waals surface area contributed by atoms with Gasteiger partial charge >= 0.3 is 0 Å². The quantitative estimate of drug-likeness (QED) is 0.740. The summed E-state index contributed by atoms with van der Waals surface area (Å²) >= 11 is 0. The summed E-state index contributed by atoms with van der Waals surface area (Å²) < 4.78 is 10.7. The molecule has 0 aliphatic carbocycles. The van der Waals surface area contributed by atoms with Crippen LogP contribution in [0.2, 0.25) is 0 Å². The van der Waals surface area contributed by atoms with Crippen molar-refractivity contribution in [2.24, 2.45) is 5.92 Å². The third-order valence-corrected chi connectivity index (χ3v) is 4.67. The van der Waals surface area contributed by atoms with Crippen LogP contribution in [0, 0.1) is 12.8 Å². The van der Waals surface area contributed by atoms with Crippen LogP contribution in [0.1, 0.15) is 22.7 Å². The Balaban J connectivity index is 1.69. The second kappa shape index (κ2) is 8.21. The van der Waals surface area contributed by atoms with E-state index in [1.807, 2.05) is 49.4 Å². The molecule has 0 bridgehead atoms. The van der Waals surface area contributed by atoms with Crippen LogP contribution in [0.3, 0.4) is 0 Å². The lowest BCUT2D eigenvalue weighted by Crippen LogP contribution is -2.34. The lowest BCUT2D eigenvalue weighted by Gasteiger charge is -2.20. The molecule has 2 atom stereocenters. The average Bonchev–Trinajstić information content (AvgIpc) is 3.16. The average molecular weight is 355 g/mol. The number of rotatable bonds is 6. The largest absolute Gasteiger partial charge is 0.493 e. The fourth-order valence-electron chi connectivity index (χ4n) is 3.13. The number of hydrogen-bond donors (Lipinski definition) is 3. The third-order valence-electron chi connectivity index (χ3n) is 4.67. The molecule has 0 radical (unpaired) electrons. The molecule has 2 unspecified atom stereocenters. The van der Waals surface area contributed by atoms with Crippen molar-refractivity contribution in [2.75, 3.05) is 20.8 Å². The lowest BCUT2D eigenvalue weighted by molar-refractivity contribution is -0.125. The maximum absolute atomic E-state index is 12.7. The molecule has 0 aromatic heterocycles. The molecule has 1 heterocycles. The van der Waals surface area contributed by atoms with Crippen molar-refractivity contribution in [3.05, 3.63) is 59.2 Å². The van der Waals surface area contributed by atoms with E-state index in [4.69, 9.17) is 9.47 Å². The van der Waals surface area contributed by atoms with Gasteiger partial charge in [-0.25, -0.2) is 5.43 Å². The number of ether oxygens (including phenoxy) is 2.